The summed E-state index contributed by atoms with van der Waals surface area (Å²) in [6.07, 6.45) is 1.02. The fourth-order valence-electron chi connectivity index (χ4n) is 1.56. The highest BCUT2D eigenvalue weighted by molar-refractivity contribution is 9.10. The molecule has 1 unspecified atom stereocenters. The fraction of sp³-hybridized carbons (Fsp3) is 0.538. The van der Waals surface area contributed by atoms with Gasteiger partial charge in [0.05, 0.1) is 13.2 Å². The van der Waals surface area contributed by atoms with Gasteiger partial charge in [0.15, 0.2) is 0 Å². The van der Waals surface area contributed by atoms with E-state index in [9.17, 15) is 0 Å². The number of methoxy groups -OCH3 is 1. The van der Waals surface area contributed by atoms with Gasteiger partial charge in [-0.25, -0.2) is 0 Å². The Balaban J connectivity index is 2.38. The van der Waals surface area contributed by atoms with Crippen LogP contribution in [0.4, 0.5) is 0 Å². The number of alkyl halides is 1. The Bertz CT molecular complexity index is 318. The molecule has 17 heavy (non-hydrogen) atoms. The minimum atomic E-state index is 0.495. The van der Waals surface area contributed by atoms with Crippen molar-refractivity contribution >= 4 is 31.9 Å². The minimum absolute atomic E-state index is 0.495. The Hall–Kier alpha value is 0.1000. The van der Waals surface area contributed by atoms with Crippen molar-refractivity contribution < 1.29 is 9.47 Å². The molecule has 0 amide bonds. The van der Waals surface area contributed by atoms with Gasteiger partial charge in [0.1, 0.15) is 0 Å². The van der Waals surface area contributed by atoms with Gasteiger partial charge in [0.25, 0.3) is 0 Å². The maximum atomic E-state index is 5.50. The summed E-state index contributed by atoms with van der Waals surface area (Å²) < 4.78 is 11.6. The summed E-state index contributed by atoms with van der Waals surface area (Å²) >= 11 is 7.06. The molecule has 4 heteroatoms. The van der Waals surface area contributed by atoms with Crippen molar-refractivity contribution in [3.8, 4) is 0 Å². The van der Waals surface area contributed by atoms with Gasteiger partial charge in [0, 0.05) is 23.5 Å². The zero-order chi connectivity index (χ0) is 12.5. The Morgan fingerprint density at radius 3 is 2.71 bits per heavy atom. The van der Waals surface area contributed by atoms with Gasteiger partial charge in [-0.2, -0.15) is 0 Å². The number of hydrogen-bond acceptors (Lipinski definition) is 2. The van der Waals surface area contributed by atoms with Crippen LogP contribution in [0.25, 0.3) is 0 Å². The molecule has 1 rings (SSSR count). The molecule has 0 N–H and O–H groups in total. The van der Waals surface area contributed by atoms with E-state index in [4.69, 9.17) is 9.47 Å². The van der Waals surface area contributed by atoms with Gasteiger partial charge in [-0.05, 0) is 30.0 Å². The van der Waals surface area contributed by atoms with Gasteiger partial charge in [0.2, 0.25) is 0 Å². The van der Waals surface area contributed by atoms with Crippen molar-refractivity contribution in [2.75, 3.05) is 32.3 Å². The first-order chi connectivity index (χ1) is 8.27. The number of ether oxygens (including phenoxy) is 2. The van der Waals surface area contributed by atoms with Crippen molar-refractivity contribution in [2.24, 2.45) is 0 Å². The van der Waals surface area contributed by atoms with E-state index in [-0.39, 0.29) is 0 Å². The Kier molecular flexibility index (Phi) is 8.10. The highest BCUT2D eigenvalue weighted by atomic mass is 79.9. The lowest BCUT2D eigenvalue weighted by Crippen LogP contribution is -2.08. The summed E-state index contributed by atoms with van der Waals surface area (Å²) in [5, 5.41) is 0.955. The maximum absolute atomic E-state index is 5.50. The van der Waals surface area contributed by atoms with Gasteiger partial charge < -0.3 is 9.47 Å². The van der Waals surface area contributed by atoms with E-state index in [0.717, 1.165) is 22.8 Å². The van der Waals surface area contributed by atoms with E-state index in [0.29, 0.717) is 19.1 Å². The quantitative estimate of drug-likeness (QED) is 0.512. The van der Waals surface area contributed by atoms with Crippen molar-refractivity contribution in [2.45, 2.75) is 12.3 Å². The lowest BCUT2D eigenvalue weighted by atomic mass is 9.98. The number of benzene rings is 1. The van der Waals surface area contributed by atoms with Crippen LogP contribution >= 0.6 is 31.9 Å². The molecule has 0 aliphatic heterocycles. The van der Waals surface area contributed by atoms with Crippen molar-refractivity contribution in [3.05, 3.63) is 34.3 Å². The van der Waals surface area contributed by atoms with Crippen LogP contribution in [0.5, 0.6) is 0 Å². The minimum Gasteiger partial charge on any atom is -0.382 e. The molecule has 1 aromatic rings. The van der Waals surface area contributed by atoms with Crippen LogP contribution in [-0.2, 0) is 9.47 Å². The highest BCUT2D eigenvalue weighted by Crippen LogP contribution is 2.24. The molecular formula is C13H18Br2O2. The standard InChI is InChI=1S/C13H18Br2O2/c1-16-7-8-17-6-5-12(10-14)11-3-2-4-13(15)9-11/h2-4,9,12H,5-8,10H2,1H3. The van der Waals surface area contributed by atoms with Crippen LogP contribution in [0.2, 0.25) is 0 Å². The monoisotopic (exact) mass is 364 g/mol. The van der Waals surface area contributed by atoms with Crippen molar-refractivity contribution in [3.63, 3.8) is 0 Å². The highest BCUT2D eigenvalue weighted by Gasteiger charge is 2.10. The zero-order valence-corrected chi connectivity index (χ0v) is 13.2. The second-order valence-corrected chi connectivity index (χ2v) is 5.36. The molecule has 0 spiro atoms. The summed E-state index contributed by atoms with van der Waals surface area (Å²) in [6.45, 7) is 2.10. The summed E-state index contributed by atoms with van der Waals surface area (Å²) in [6, 6.07) is 8.44. The van der Waals surface area contributed by atoms with Crippen LogP contribution in [0.1, 0.15) is 17.9 Å². The smallest absolute Gasteiger partial charge is 0.0700 e. The third kappa shape index (κ3) is 6.00. The number of hydrogen-bond donors (Lipinski definition) is 0. The second-order valence-electron chi connectivity index (χ2n) is 3.80. The Morgan fingerprint density at radius 1 is 1.24 bits per heavy atom. The van der Waals surface area contributed by atoms with E-state index in [2.05, 4.69) is 50.1 Å². The molecule has 0 bridgehead atoms. The first-order valence-electron chi connectivity index (χ1n) is 5.66. The van der Waals surface area contributed by atoms with E-state index in [1.165, 1.54) is 5.56 Å². The Labute approximate surface area is 120 Å². The number of rotatable bonds is 8. The van der Waals surface area contributed by atoms with Crippen LogP contribution in [0, 0.1) is 0 Å². The normalized spacial score (nSPS) is 12.6. The summed E-state index contributed by atoms with van der Waals surface area (Å²) in [5.41, 5.74) is 1.34. The summed E-state index contributed by atoms with van der Waals surface area (Å²) in [7, 11) is 1.69. The second kappa shape index (κ2) is 9.09. The predicted octanol–water partition coefficient (Wildman–Crippen LogP) is 3.98. The maximum Gasteiger partial charge on any atom is 0.0700 e. The molecule has 96 valence electrons. The molecule has 0 saturated heterocycles. The topological polar surface area (TPSA) is 18.5 Å². The lowest BCUT2D eigenvalue weighted by molar-refractivity contribution is 0.0677. The molecule has 0 radical (unpaired) electrons. The van der Waals surface area contributed by atoms with Crippen LogP contribution in [0.3, 0.4) is 0 Å². The molecular weight excluding hydrogens is 348 g/mol. The molecule has 1 atom stereocenters. The van der Waals surface area contributed by atoms with Gasteiger partial charge >= 0.3 is 0 Å². The average Bonchev–Trinajstić information content (AvgIpc) is 2.34. The fourth-order valence-corrected chi connectivity index (χ4v) is 2.68. The van der Waals surface area contributed by atoms with Gasteiger partial charge in [-0.3, -0.25) is 0 Å². The summed E-state index contributed by atoms with van der Waals surface area (Å²) in [4.78, 5) is 0. The molecule has 0 saturated carbocycles. The van der Waals surface area contributed by atoms with E-state index >= 15 is 0 Å². The Morgan fingerprint density at radius 2 is 2.06 bits per heavy atom. The van der Waals surface area contributed by atoms with Crippen LogP contribution in [0.15, 0.2) is 28.7 Å². The lowest BCUT2D eigenvalue weighted by Gasteiger charge is -2.15. The predicted molar refractivity (Wildman–Crippen MR) is 78.0 cm³/mol. The largest absolute Gasteiger partial charge is 0.382 e. The average molecular weight is 366 g/mol. The number of halogens is 2. The molecule has 0 aliphatic carbocycles. The first kappa shape index (κ1) is 15.2. The molecule has 1 aromatic carbocycles. The van der Waals surface area contributed by atoms with Crippen molar-refractivity contribution in [1.29, 1.82) is 0 Å². The zero-order valence-electron chi connectivity index (χ0n) is 9.99. The molecule has 0 heterocycles. The van der Waals surface area contributed by atoms with Crippen LogP contribution < -0.4 is 0 Å². The van der Waals surface area contributed by atoms with E-state index in [1.54, 1.807) is 7.11 Å². The molecule has 0 fully saturated rings. The third-order valence-corrected chi connectivity index (χ3v) is 3.82. The van der Waals surface area contributed by atoms with Crippen molar-refractivity contribution in [1.82, 2.24) is 0 Å². The van der Waals surface area contributed by atoms with Gasteiger partial charge in [-0.1, -0.05) is 44.0 Å². The third-order valence-electron chi connectivity index (χ3n) is 2.55. The first-order valence-corrected chi connectivity index (χ1v) is 7.57. The molecule has 0 aromatic heterocycles. The van der Waals surface area contributed by atoms with E-state index < -0.39 is 0 Å². The molecule has 0 aliphatic rings. The van der Waals surface area contributed by atoms with Gasteiger partial charge in [-0.15, -0.1) is 0 Å². The van der Waals surface area contributed by atoms with Crippen LogP contribution in [-0.4, -0.2) is 32.3 Å². The molecule has 2 nitrogen and oxygen atoms in total. The SMILES string of the molecule is COCCOCCC(CBr)c1cccc(Br)c1. The van der Waals surface area contributed by atoms with E-state index in [1.807, 2.05) is 6.07 Å². The summed E-state index contributed by atoms with van der Waals surface area (Å²) in [5.74, 6) is 0.495.